The van der Waals surface area contributed by atoms with E-state index < -0.39 is 11.4 Å². The van der Waals surface area contributed by atoms with Gasteiger partial charge < -0.3 is 4.90 Å². The van der Waals surface area contributed by atoms with Crippen molar-refractivity contribution in [2.45, 2.75) is 69.1 Å². The molecule has 2 aliphatic rings. The highest BCUT2D eigenvalue weighted by atomic mass is 32.2. The highest BCUT2D eigenvalue weighted by molar-refractivity contribution is 7.99. The van der Waals surface area contributed by atoms with Gasteiger partial charge in [0.1, 0.15) is 12.1 Å². The third-order valence-corrected chi connectivity index (χ3v) is 5.78. The molecule has 10 heteroatoms. The molecule has 0 aromatic carbocycles. The molecule has 9 nitrogen and oxygen atoms in total. The van der Waals surface area contributed by atoms with Crippen molar-refractivity contribution in [2.75, 3.05) is 12.3 Å². The summed E-state index contributed by atoms with van der Waals surface area (Å²) in [5.74, 6) is -0.919. The minimum Gasteiger partial charge on any atom is -0.318 e. The lowest BCUT2D eigenvalue weighted by Gasteiger charge is -2.47. The molecule has 1 saturated heterocycles. The lowest BCUT2D eigenvalue weighted by atomic mass is 9.78. The van der Waals surface area contributed by atoms with Crippen molar-refractivity contribution < 1.29 is 14.4 Å². The molecular weight excluding hydrogens is 356 g/mol. The molecule has 1 aromatic rings. The van der Waals surface area contributed by atoms with Crippen molar-refractivity contribution in [2.24, 2.45) is 0 Å². The van der Waals surface area contributed by atoms with E-state index in [2.05, 4.69) is 20.8 Å². The van der Waals surface area contributed by atoms with E-state index in [-0.39, 0.29) is 29.7 Å². The van der Waals surface area contributed by atoms with Gasteiger partial charge in [0.25, 0.3) is 5.91 Å². The topological polar surface area (TPSA) is 110 Å². The Morgan fingerprint density at radius 3 is 2.58 bits per heavy atom. The Kier molecular flexibility index (Phi) is 5.05. The fourth-order valence-corrected chi connectivity index (χ4v) is 4.49. The fourth-order valence-electron chi connectivity index (χ4n) is 3.55. The van der Waals surface area contributed by atoms with Gasteiger partial charge in [-0.3, -0.25) is 19.7 Å². The summed E-state index contributed by atoms with van der Waals surface area (Å²) in [4.78, 5) is 38.8. The lowest BCUT2D eigenvalue weighted by Crippen LogP contribution is -2.69. The van der Waals surface area contributed by atoms with Gasteiger partial charge in [0.2, 0.25) is 17.0 Å². The van der Waals surface area contributed by atoms with Crippen LogP contribution in [0.25, 0.3) is 0 Å². The number of hydrogen-bond donors (Lipinski definition) is 1. The molecule has 0 atom stereocenters. The number of aromatic nitrogens is 4. The van der Waals surface area contributed by atoms with Crippen LogP contribution in [0.5, 0.6) is 0 Å². The van der Waals surface area contributed by atoms with E-state index in [9.17, 15) is 14.4 Å². The van der Waals surface area contributed by atoms with E-state index in [0.29, 0.717) is 18.0 Å². The van der Waals surface area contributed by atoms with E-state index in [0.717, 1.165) is 19.3 Å². The number of nitrogens with one attached hydrogen (secondary N) is 1. The van der Waals surface area contributed by atoms with Crippen LogP contribution in [0.1, 0.15) is 52.9 Å². The molecule has 2 fully saturated rings. The van der Waals surface area contributed by atoms with Crippen molar-refractivity contribution in [3.63, 3.8) is 0 Å². The Morgan fingerprint density at radius 1 is 1.23 bits per heavy atom. The molecule has 0 radical (unpaired) electrons. The maximum Gasteiger partial charge on any atom is 0.252 e. The number of amides is 3. The third-order valence-electron chi connectivity index (χ3n) is 4.88. The van der Waals surface area contributed by atoms with Crippen LogP contribution in [0.4, 0.5) is 0 Å². The van der Waals surface area contributed by atoms with Crippen molar-refractivity contribution in [1.29, 1.82) is 0 Å². The summed E-state index contributed by atoms with van der Waals surface area (Å²) >= 11 is 1.22. The van der Waals surface area contributed by atoms with Gasteiger partial charge in [-0.2, -0.15) is 0 Å². The van der Waals surface area contributed by atoms with Crippen molar-refractivity contribution in [3.05, 3.63) is 0 Å². The van der Waals surface area contributed by atoms with Gasteiger partial charge in [0.15, 0.2) is 0 Å². The van der Waals surface area contributed by atoms with Crippen LogP contribution in [-0.4, -0.2) is 60.7 Å². The SMILES string of the molecule is CC(C)(C)n1nnnc1SCC(=O)N1CC(=O)NC(=O)C12CCCCC2. The van der Waals surface area contributed by atoms with Crippen molar-refractivity contribution in [3.8, 4) is 0 Å². The van der Waals surface area contributed by atoms with Crippen LogP contribution in [-0.2, 0) is 19.9 Å². The highest BCUT2D eigenvalue weighted by Crippen LogP contribution is 2.36. The van der Waals surface area contributed by atoms with E-state index >= 15 is 0 Å². The zero-order valence-corrected chi connectivity index (χ0v) is 16.1. The first-order valence-corrected chi connectivity index (χ1v) is 9.79. The summed E-state index contributed by atoms with van der Waals surface area (Å²) in [6.07, 6.45) is 3.99. The molecule has 1 N–H and O–H groups in total. The van der Waals surface area contributed by atoms with E-state index in [1.165, 1.54) is 16.7 Å². The maximum absolute atomic E-state index is 12.9. The first kappa shape index (κ1) is 18.8. The minimum absolute atomic E-state index is 0.0741. The molecular formula is C16H24N6O3S. The van der Waals surface area contributed by atoms with Gasteiger partial charge in [-0.1, -0.05) is 31.0 Å². The summed E-state index contributed by atoms with van der Waals surface area (Å²) in [5, 5.41) is 14.6. The van der Waals surface area contributed by atoms with Crippen molar-refractivity contribution >= 4 is 29.5 Å². The monoisotopic (exact) mass is 380 g/mol. The Bertz CT molecular complexity index is 720. The van der Waals surface area contributed by atoms with Crippen LogP contribution in [0.2, 0.25) is 0 Å². The number of tetrazole rings is 1. The molecule has 2 heterocycles. The van der Waals surface area contributed by atoms with Crippen LogP contribution < -0.4 is 5.32 Å². The lowest BCUT2D eigenvalue weighted by molar-refractivity contribution is -0.158. The molecule has 142 valence electrons. The molecule has 3 rings (SSSR count). The first-order valence-electron chi connectivity index (χ1n) is 8.80. The second-order valence-corrected chi connectivity index (χ2v) is 8.72. The van der Waals surface area contributed by atoms with E-state index in [1.807, 2.05) is 20.8 Å². The van der Waals surface area contributed by atoms with Crippen molar-refractivity contribution in [1.82, 2.24) is 30.4 Å². The predicted octanol–water partition coefficient (Wildman–Crippen LogP) is 0.708. The van der Waals surface area contributed by atoms with Gasteiger partial charge in [-0.15, -0.1) is 5.10 Å². The number of piperazine rings is 1. The zero-order valence-electron chi connectivity index (χ0n) is 15.3. The Morgan fingerprint density at radius 2 is 1.92 bits per heavy atom. The molecule has 0 unspecified atom stereocenters. The quantitative estimate of drug-likeness (QED) is 0.607. The van der Waals surface area contributed by atoms with Gasteiger partial charge in [-0.05, 0) is 44.0 Å². The molecule has 1 spiro atoms. The molecule has 1 aliphatic heterocycles. The fraction of sp³-hybridized carbons (Fsp3) is 0.750. The number of carbonyl (C=O) groups excluding carboxylic acids is 3. The number of hydrogen-bond acceptors (Lipinski definition) is 7. The number of nitrogens with zero attached hydrogens (tertiary/aromatic N) is 5. The highest BCUT2D eigenvalue weighted by Gasteiger charge is 2.50. The molecule has 3 amide bonds. The summed E-state index contributed by atoms with van der Waals surface area (Å²) in [7, 11) is 0. The van der Waals surface area contributed by atoms with Crippen LogP contribution >= 0.6 is 11.8 Å². The normalized spacial score (nSPS) is 20.3. The molecule has 1 saturated carbocycles. The average molecular weight is 380 g/mol. The number of imide groups is 1. The Labute approximate surface area is 156 Å². The smallest absolute Gasteiger partial charge is 0.252 e. The Balaban J connectivity index is 1.76. The van der Waals surface area contributed by atoms with Crippen LogP contribution in [0.15, 0.2) is 5.16 Å². The average Bonchev–Trinajstić information content (AvgIpc) is 3.06. The standard InChI is InChI=1S/C16H24N6O3S/c1-15(2,3)22-14(18-19-20-22)26-10-12(24)21-9-11(23)17-13(25)16(21)7-5-4-6-8-16/h4-10H2,1-3H3,(H,17,23,25). The van der Waals surface area contributed by atoms with Gasteiger partial charge in [-0.25, -0.2) is 4.68 Å². The van der Waals surface area contributed by atoms with E-state index in [4.69, 9.17) is 0 Å². The van der Waals surface area contributed by atoms with Gasteiger partial charge >= 0.3 is 0 Å². The maximum atomic E-state index is 12.9. The summed E-state index contributed by atoms with van der Waals surface area (Å²) in [6.45, 7) is 5.84. The predicted molar refractivity (Wildman–Crippen MR) is 94.2 cm³/mol. The van der Waals surface area contributed by atoms with Crippen LogP contribution in [0.3, 0.4) is 0 Å². The minimum atomic E-state index is -0.889. The first-order chi connectivity index (χ1) is 12.2. The largest absolute Gasteiger partial charge is 0.318 e. The molecule has 0 bridgehead atoms. The zero-order chi connectivity index (χ0) is 18.9. The molecule has 26 heavy (non-hydrogen) atoms. The number of carbonyl (C=O) groups is 3. The molecule has 1 aliphatic carbocycles. The second kappa shape index (κ2) is 6.98. The van der Waals surface area contributed by atoms with Gasteiger partial charge in [0, 0.05) is 0 Å². The molecule has 1 aromatic heterocycles. The summed E-state index contributed by atoms with van der Waals surface area (Å²) < 4.78 is 1.66. The third kappa shape index (κ3) is 3.46. The summed E-state index contributed by atoms with van der Waals surface area (Å²) in [6, 6.07) is 0. The number of thioether (sulfide) groups is 1. The van der Waals surface area contributed by atoms with E-state index in [1.54, 1.807) is 4.68 Å². The van der Waals surface area contributed by atoms with Gasteiger partial charge in [0.05, 0.1) is 11.3 Å². The Hall–Kier alpha value is -1.97. The van der Waals surface area contributed by atoms with Crippen LogP contribution in [0, 0.1) is 0 Å². The number of rotatable bonds is 3. The second-order valence-electron chi connectivity index (χ2n) is 7.78. The summed E-state index contributed by atoms with van der Waals surface area (Å²) in [5.41, 5.74) is -1.19.